The van der Waals surface area contributed by atoms with Gasteiger partial charge in [0.2, 0.25) is 0 Å². The normalized spacial score (nSPS) is 10.9. The number of hydrogen-bond donors (Lipinski definition) is 0. The zero-order valence-corrected chi connectivity index (χ0v) is 14.4. The first-order valence-electron chi connectivity index (χ1n) is 9.58. The summed E-state index contributed by atoms with van der Waals surface area (Å²) in [6, 6.07) is 0. The van der Waals surface area contributed by atoms with E-state index in [-0.39, 0.29) is 6.67 Å². The first kappa shape index (κ1) is 20.7. The predicted octanol–water partition coefficient (Wildman–Crippen LogP) is 7.77. The molecule has 0 aromatic heterocycles. The van der Waals surface area contributed by atoms with Crippen LogP contribution in [-0.2, 0) is 0 Å². The Morgan fingerprint density at radius 3 is 1.05 bits per heavy atom. The minimum Gasteiger partial charge on any atom is -0.251 e. The maximum absolute atomic E-state index is 11.9. The number of halogens is 1. The van der Waals surface area contributed by atoms with Crippen molar-refractivity contribution in [3.8, 4) is 0 Å². The van der Waals surface area contributed by atoms with Crippen LogP contribution in [0, 0.1) is 0 Å². The summed E-state index contributed by atoms with van der Waals surface area (Å²) in [6.45, 7) is 3.63. The van der Waals surface area contributed by atoms with Crippen molar-refractivity contribution in [1.29, 1.82) is 0 Å². The van der Waals surface area contributed by atoms with E-state index in [1.54, 1.807) is 0 Å². The molecule has 0 spiro atoms. The molecule has 0 aliphatic rings. The van der Waals surface area contributed by atoms with Crippen LogP contribution in [0.2, 0.25) is 0 Å². The van der Waals surface area contributed by atoms with Crippen molar-refractivity contribution in [2.75, 3.05) is 6.67 Å². The lowest BCUT2D eigenvalue weighted by Gasteiger charge is -2.03. The molecule has 126 valence electrons. The van der Waals surface area contributed by atoms with Crippen LogP contribution >= 0.6 is 0 Å². The van der Waals surface area contributed by atoms with E-state index in [1.165, 1.54) is 96.3 Å². The second-order valence-electron chi connectivity index (χ2n) is 6.42. The van der Waals surface area contributed by atoms with Gasteiger partial charge in [-0.15, -0.1) is 6.58 Å². The summed E-state index contributed by atoms with van der Waals surface area (Å²) in [5.74, 6) is 0. The van der Waals surface area contributed by atoms with Crippen LogP contribution in [0.25, 0.3) is 0 Å². The van der Waals surface area contributed by atoms with Gasteiger partial charge in [0.25, 0.3) is 0 Å². The molecule has 0 unspecified atom stereocenters. The molecule has 0 saturated heterocycles. The topological polar surface area (TPSA) is 0 Å². The van der Waals surface area contributed by atoms with Gasteiger partial charge in [0.1, 0.15) is 0 Å². The summed E-state index contributed by atoms with van der Waals surface area (Å²) in [5, 5.41) is 0. The SMILES string of the molecule is C=CCCCCCCCCCCCCCCCCCCF. The lowest BCUT2D eigenvalue weighted by molar-refractivity contribution is 0.448. The van der Waals surface area contributed by atoms with E-state index < -0.39 is 0 Å². The summed E-state index contributed by atoms with van der Waals surface area (Å²) < 4.78 is 11.9. The van der Waals surface area contributed by atoms with Crippen molar-refractivity contribution in [3.05, 3.63) is 12.7 Å². The van der Waals surface area contributed by atoms with E-state index in [2.05, 4.69) is 6.58 Å². The minimum atomic E-state index is -0.130. The molecule has 0 atom stereocenters. The van der Waals surface area contributed by atoms with Crippen molar-refractivity contribution in [2.24, 2.45) is 0 Å². The van der Waals surface area contributed by atoms with E-state index in [4.69, 9.17) is 0 Å². The van der Waals surface area contributed by atoms with Gasteiger partial charge >= 0.3 is 0 Å². The van der Waals surface area contributed by atoms with E-state index >= 15 is 0 Å². The molecule has 0 aromatic carbocycles. The molecule has 0 N–H and O–H groups in total. The van der Waals surface area contributed by atoms with E-state index in [0.29, 0.717) is 0 Å². The Bertz CT molecular complexity index is 188. The number of unbranched alkanes of at least 4 members (excludes halogenated alkanes) is 16. The molecule has 21 heavy (non-hydrogen) atoms. The van der Waals surface area contributed by atoms with Gasteiger partial charge in [-0.25, -0.2) is 0 Å². The van der Waals surface area contributed by atoms with Crippen LogP contribution in [0.3, 0.4) is 0 Å². The highest BCUT2D eigenvalue weighted by atomic mass is 19.1. The summed E-state index contributed by atoms with van der Waals surface area (Å²) >= 11 is 0. The van der Waals surface area contributed by atoms with Gasteiger partial charge in [0, 0.05) is 0 Å². The van der Waals surface area contributed by atoms with E-state index in [0.717, 1.165) is 12.8 Å². The monoisotopic (exact) mass is 298 g/mol. The molecular formula is C20H39F. The van der Waals surface area contributed by atoms with Crippen LogP contribution < -0.4 is 0 Å². The third kappa shape index (κ3) is 19.7. The number of allylic oxidation sites excluding steroid dienone is 1. The fraction of sp³-hybridized carbons (Fsp3) is 0.900. The van der Waals surface area contributed by atoms with Crippen LogP contribution in [0.1, 0.15) is 109 Å². The quantitative estimate of drug-likeness (QED) is 0.179. The predicted molar refractivity (Wildman–Crippen MR) is 94.7 cm³/mol. The van der Waals surface area contributed by atoms with Crippen molar-refractivity contribution >= 4 is 0 Å². The Hall–Kier alpha value is -0.330. The fourth-order valence-electron chi connectivity index (χ4n) is 2.86. The molecule has 0 heterocycles. The molecule has 0 rings (SSSR count). The Morgan fingerprint density at radius 1 is 0.476 bits per heavy atom. The summed E-state index contributed by atoms with van der Waals surface area (Å²) in [4.78, 5) is 0. The number of hydrogen-bond acceptors (Lipinski definition) is 0. The average Bonchev–Trinajstić information content (AvgIpc) is 2.50. The third-order valence-corrected chi connectivity index (χ3v) is 4.29. The van der Waals surface area contributed by atoms with Gasteiger partial charge < -0.3 is 0 Å². The lowest BCUT2D eigenvalue weighted by Crippen LogP contribution is -1.84. The van der Waals surface area contributed by atoms with E-state index in [1.807, 2.05) is 6.08 Å². The maximum Gasteiger partial charge on any atom is 0.0894 e. The molecule has 0 radical (unpaired) electrons. The number of alkyl halides is 1. The Kier molecular flexibility index (Phi) is 19.4. The van der Waals surface area contributed by atoms with Crippen molar-refractivity contribution in [1.82, 2.24) is 0 Å². The third-order valence-electron chi connectivity index (χ3n) is 4.29. The van der Waals surface area contributed by atoms with Gasteiger partial charge in [-0.05, 0) is 19.3 Å². The summed E-state index contributed by atoms with van der Waals surface area (Å²) in [5.41, 5.74) is 0. The highest BCUT2D eigenvalue weighted by molar-refractivity contribution is 4.65. The molecule has 0 aromatic rings. The first-order chi connectivity index (χ1) is 10.4. The summed E-state index contributed by atoms with van der Waals surface area (Å²) in [6.07, 6.45) is 24.5. The van der Waals surface area contributed by atoms with Crippen LogP contribution in [0.4, 0.5) is 4.39 Å². The van der Waals surface area contributed by atoms with Crippen molar-refractivity contribution in [3.63, 3.8) is 0 Å². The molecule has 0 aliphatic carbocycles. The molecule has 0 aliphatic heterocycles. The summed E-state index contributed by atoms with van der Waals surface area (Å²) in [7, 11) is 0. The maximum atomic E-state index is 11.9. The average molecular weight is 299 g/mol. The fourth-order valence-corrected chi connectivity index (χ4v) is 2.86. The zero-order valence-electron chi connectivity index (χ0n) is 14.4. The van der Waals surface area contributed by atoms with Gasteiger partial charge in [-0.1, -0.05) is 96.0 Å². The Labute approximate surface area is 133 Å². The van der Waals surface area contributed by atoms with Gasteiger partial charge in [-0.3, -0.25) is 4.39 Å². The molecule has 1 heteroatoms. The number of rotatable bonds is 18. The standard InChI is InChI=1S/C20H39F/c1-2-3-4-5-6-7-8-9-10-11-12-13-14-15-16-17-18-19-20-21/h2H,1,3-20H2. The lowest BCUT2D eigenvalue weighted by atomic mass is 10.0. The first-order valence-corrected chi connectivity index (χ1v) is 9.58. The van der Waals surface area contributed by atoms with Gasteiger partial charge in [-0.2, -0.15) is 0 Å². The molecule has 0 fully saturated rings. The highest BCUT2D eigenvalue weighted by Crippen LogP contribution is 2.14. The van der Waals surface area contributed by atoms with Gasteiger partial charge in [0.15, 0.2) is 0 Å². The van der Waals surface area contributed by atoms with Crippen LogP contribution in [0.15, 0.2) is 12.7 Å². The molecule has 0 bridgehead atoms. The largest absolute Gasteiger partial charge is 0.251 e. The second kappa shape index (κ2) is 19.7. The molecule has 0 saturated carbocycles. The van der Waals surface area contributed by atoms with E-state index in [9.17, 15) is 4.39 Å². The van der Waals surface area contributed by atoms with Crippen molar-refractivity contribution in [2.45, 2.75) is 109 Å². The molecule has 0 nitrogen and oxygen atoms in total. The molecule has 0 amide bonds. The second-order valence-corrected chi connectivity index (χ2v) is 6.42. The minimum absolute atomic E-state index is 0.130. The Balaban J connectivity index is 2.91. The van der Waals surface area contributed by atoms with Gasteiger partial charge in [0.05, 0.1) is 6.67 Å². The molecular weight excluding hydrogens is 259 g/mol. The Morgan fingerprint density at radius 2 is 0.762 bits per heavy atom. The van der Waals surface area contributed by atoms with Crippen LogP contribution in [-0.4, -0.2) is 6.67 Å². The zero-order chi connectivity index (χ0) is 15.4. The highest BCUT2D eigenvalue weighted by Gasteiger charge is 1.94. The smallest absolute Gasteiger partial charge is 0.0894 e. The van der Waals surface area contributed by atoms with Crippen LogP contribution in [0.5, 0.6) is 0 Å². The van der Waals surface area contributed by atoms with Crippen molar-refractivity contribution < 1.29 is 4.39 Å².